The number of furan rings is 1. The number of aromatic nitrogens is 6. The summed E-state index contributed by atoms with van der Waals surface area (Å²) in [6.45, 7) is 5.78. The number of nitrogen functional groups attached to an aromatic ring is 1. The molecule has 0 amide bonds. The predicted octanol–water partition coefficient (Wildman–Crippen LogP) is 2.30. The van der Waals surface area contributed by atoms with E-state index >= 15 is 0 Å². The highest BCUT2D eigenvalue weighted by Gasteiger charge is 2.24. The van der Waals surface area contributed by atoms with Crippen molar-refractivity contribution in [3.8, 4) is 11.4 Å². The van der Waals surface area contributed by atoms with Gasteiger partial charge >= 0.3 is 5.97 Å². The normalized spacial score (nSPS) is 11.1. The zero-order valence-electron chi connectivity index (χ0n) is 16.2. The molecule has 4 rings (SSSR count). The Kier molecular flexibility index (Phi) is 4.67. The van der Waals surface area contributed by atoms with E-state index in [1.54, 1.807) is 13.8 Å². The second-order valence-electron chi connectivity index (χ2n) is 6.47. The van der Waals surface area contributed by atoms with Crippen LogP contribution in [-0.4, -0.2) is 42.8 Å². The molecule has 3 heterocycles. The number of anilines is 1. The Morgan fingerprint density at radius 3 is 2.69 bits per heavy atom. The molecule has 0 radical (unpaired) electrons. The highest BCUT2D eigenvalue weighted by atomic mass is 16.5. The van der Waals surface area contributed by atoms with Gasteiger partial charge in [-0.05, 0) is 26.0 Å². The Hall–Kier alpha value is -3.82. The zero-order valence-corrected chi connectivity index (χ0v) is 16.2. The minimum atomic E-state index is -0.521. The van der Waals surface area contributed by atoms with E-state index in [2.05, 4.69) is 25.4 Å². The first-order valence-electron chi connectivity index (χ1n) is 9.03. The fraction of sp³-hybridized carbons (Fsp3) is 0.263. The molecule has 0 saturated carbocycles. The molecule has 4 aromatic rings. The average molecular weight is 393 g/mol. The van der Waals surface area contributed by atoms with Gasteiger partial charge in [-0.15, -0.1) is 10.2 Å². The summed E-state index contributed by atoms with van der Waals surface area (Å²) in [7, 11) is 0. The Balaban J connectivity index is 1.64. The van der Waals surface area contributed by atoms with Crippen molar-refractivity contribution >= 4 is 22.9 Å². The van der Waals surface area contributed by atoms with Gasteiger partial charge in [-0.1, -0.05) is 29.8 Å². The molecule has 0 fully saturated rings. The van der Waals surface area contributed by atoms with Gasteiger partial charge in [0, 0.05) is 5.56 Å². The Bertz CT molecular complexity index is 1190. The van der Waals surface area contributed by atoms with Crippen LogP contribution in [0.3, 0.4) is 0 Å². The lowest BCUT2D eigenvalue weighted by molar-refractivity contribution is 0.0526. The highest BCUT2D eigenvalue weighted by molar-refractivity contribution is 6.07. The maximum absolute atomic E-state index is 12.2. The molecule has 0 unspecified atom stereocenters. The molecule has 3 aromatic heterocycles. The van der Waals surface area contributed by atoms with E-state index in [4.69, 9.17) is 14.9 Å². The SMILES string of the molecule is CCOC(=O)c1c(C)oc2nc(Cn3nnc(-c4ccc(C)cc4)n3)nc(N)c12. The van der Waals surface area contributed by atoms with Crippen LogP contribution in [0.15, 0.2) is 28.7 Å². The average Bonchev–Trinajstić information content (AvgIpc) is 3.26. The molecule has 0 spiro atoms. The fourth-order valence-electron chi connectivity index (χ4n) is 2.96. The van der Waals surface area contributed by atoms with Gasteiger partial charge in [-0.2, -0.15) is 9.78 Å². The van der Waals surface area contributed by atoms with Crippen LogP contribution in [0.1, 0.15) is 34.4 Å². The minimum absolute atomic E-state index is 0.128. The summed E-state index contributed by atoms with van der Waals surface area (Å²) in [5.41, 5.74) is 8.55. The van der Waals surface area contributed by atoms with Crippen LogP contribution in [0, 0.1) is 13.8 Å². The van der Waals surface area contributed by atoms with Crippen LogP contribution in [0.25, 0.3) is 22.5 Å². The largest absolute Gasteiger partial charge is 0.462 e. The topological polar surface area (TPSA) is 135 Å². The number of tetrazole rings is 1. The number of esters is 1. The highest BCUT2D eigenvalue weighted by Crippen LogP contribution is 2.29. The smallest absolute Gasteiger partial charge is 0.342 e. The molecular formula is C19H19N7O3. The Morgan fingerprint density at radius 2 is 1.97 bits per heavy atom. The number of hydrogen-bond donors (Lipinski definition) is 1. The molecule has 1 aromatic carbocycles. The van der Waals surface area contributed by atoms with Gasteiger partial charge < -0.3 is 14.9 Å². The van der Waals surface area contributed by atoms with Gasteiger partial charge in [-0.3, -0.25) is 0 Å². The third-order valence-corrected chi connectivity index (χ3v) is 4.33. The number of nitrogens with two attached hydrogens (primary N) is 1. The number of rotatable bonds is 5. The van der Waals surface area contributed by atoms with Crippen LogP contribution >= 0.6 is 0 Å². The number of fused-ring (bicyclic) bond motifs is 1. The summed E-state index contributed by atoms with van der Waals surface area (Å²) in [4.78, 5) is 22.2. The van der Waals surface area contributed by atoms with Crippen LogP contribution in [0.2, 0.25) is 0 Å². The first-order chi connectivity index (χ1) is 14.0. The summed E-state index contributed by atoms with van der Waals surface area (Å²) in [5, 5.41) is 12.8. The number of benzene rings is 1. The summed E-state index contributed by atoms with van der Waals surface area (Å²) in [5.74, 6) is 0.818. The Labute approximate surface area is 165 Å². The number of hydrogen-bond acceptors (Lipinski definition) is 9. The molecule has 10 nitrogen and oxygen atoms in total. The number of carbonyl (C=O) groups is 1. The summed E-state index contributed by atoms with van der Waals surface area (Å²) in [6.07, 6.45) is 0. The molecule has 0 aliphatic carbocycles. The second kappa shape index (κ2) is 7.30. The van der Waals surface area contributed by atoms with E-state index in [0.717, 1.165) is 11.1 Å². The van der Waals surface area contributed by atoms with Gasteiger partial charge in [0.15, 0.2) is 5.82 Å². The number of carbonyl (C=O) groups excluding carboxylic acids is 1. The third kappa shape index (κ3) is 3.51. The van der Waals surface area contributed by atoms with Gasteiger partial charge in [0.1, 0.15) is 23.7 Å². The third-order valence-electron chi connectivity index (χ3n) is 4.33. The van der Waals surface area contributed by atoms with Crippen molar-refractivity contribution in [3.05, 3.63) is 47.0 Å². The second-order valence-corrected chi connectivity index (χ2v) is 6.47. The molecular weight excluding hydrogens is 374 g/mol. The molecule has 0 aliphatic heterocycles. The van der Waals surface area contributed by atoms with Crippen molar-refractivity contribution in [2.75, 3.05) is 12.3 Å². The summed E-state index contributed by atoms with van der Waals surface area (Å²) >= 11 is 0. The summed E-state index contributed by atoms with van der Waals surface area (Å²) in [6, 6.07) is 7.82. The van der Waals surface area contributed by atoms with Crippen LogP contribution < -0.4 is 5.73 Å². The molecule has 29 heavy (non-hydrogen) atoms. The lowest BCUT2D eigenvalue weighted by Crippen LogP contribution is -2.10. The van der Waals surface area contributed by atoms with E-state index < -0.39 is 5.97 Å². The lowest BCUT2D eigenvalue weighted by Gasteiger charge is -2.03. The standard InChI is InChI=1S/C19H19N7O3/c1-4-28-19(27)14-11(3)29-18-15(14)16(20)21-13(22-18)9-26-24-17(23-25-26)12-7-5-10(2)6-8-12/h5-8H,4,9H2,1-3H3,(H2,20,21,22). The van der Waals surface area contributed by atoms with Gasteiger partial charge in [0.05, 0.1) is 12.0 Å². The molecule has 148 valence electrons. The number of nitrogens with zero attached hydrogens (tertiary/aromatic N) is 6. The van der Waals surface area contributed by atoms with E-state index in [1.165, 1.54) is 4.80 Å². The first kappa shape index (κ1) is 18.5. The fourth-order valence-corrected chi connectivity index (χ4v) is 2.96. The van der Waals surface area contributed by atoms with Crippen molar-refractivity contribution in [2.24, 2.45) is 0 Å². The molecule has 0 bridgehead atoms. The van der Waals surface area contributed by atoms with E-state index in [1.807, 2.05) is 31.2 Å². The summed E-state index contributed by atoms with van der Waals surface area (Å²) < 4.78 is 10.7. The number of ether oxygens (including phenoxy) is 1. The zero-order chi connectivity index (χ0) is 20.5. The van der Waals surface area contributed by atoms with E-state index in [-0.39, 0.29) is 30.2 Å². The molecule has 0 saturated heterocycles. The quantitative estimate of drug-likeness (QED) is 0.507. The lowest BCUT2D eigenvalue weighted by atomic mass is 10.1. The monoisotopic (exact) mass is 393 g/mol. The minimum Gasteiger partial charge on any atom is -0.462 e. The van der Waals surface area contributed by atoms with Crippen molar-refractivity contribution < 1.29 is 13.9 Å². The molecule has 10 heteroatoms. The van der Waals surface area contributed by atoms with Crippen LogP contribution in [0.4, 0.5) is 5.82 Å². The van der Waals surface area contributed by atoms with Crippen molar-refractivity contribution in [1.29, 1.82) is 0 Å². The molecule has 0 aliphatic rings. The van der Waals surface area contributed by atoms with Crippen LogP contribution in [0.5, 0.6) is 0 Å². The van der Waals surface area contributed by atoms with Gasteiger partial charge in [-0.25, -0.2) is 9.78 Å². The van der Waals surface area contributed by atoms with E-state index in [9.17, 15) is 4.79 Å². The van der Waals surface area contributed by atoms with Gasteiger partial charge in [0.25, 0.3) is 0 Å². The molecule has 2 N–H and O–H groups in total. The number of aryl methyl sites for hydroxylation is 2. The maximum Gasteiger partial charge on any atom is 0.342 e. The maximum atomic E-state index is 12.2. The first-order valence-corrected chi connectivity index (χ1v) is 9.03. The van der Waals surface area contributed by atoms with Crippen LogP contribution in [-0.2, 0) is 11.3 Å². The molecule has 0 atom stereocenters. The van der Waals surface area contributed by atoms with Crippen molar-refractivity contribution in [3.63, 3.8) is 0 Å². The van der Waals surface area contributed by atoms with Gasteiger partial charge in [0.2, 0.25) is 11.5 Å². The Morgan fingerprint density at radius 1 is 1.21 bits per heavy atom. The van der Waals surface area contributed by atoms with Crippen molar-refractivity contribution in [2.45, 2.75) is 27.3 Å². The van der Waals surface area contributed by atoms with Crippen molar-refractivity contribution in [1.82, 2.24) is 30.2 Å². The predicted molar refractivity (Wildman–Crippen MR) is 104 cm³/mol. The van der Waals surface area contributed by atoms with E-state index in [0.29, 0.717) is 22.8 Å².